The largest absolute Gasteiger partial charge is 0.493 e. The van der Waals surface area contributed by atoms with Gasteiger partial charge in [-0.3, -0.25) is 9.69 Å². The van der Waals surface area contributed by atoms with E-state index < -0.39 is 18.1 Å². The third-order valence-electron chi connectivity index (χ3n) is 7.10. The first-order valence-electron chi connectivity index (χ1n) is 11.1. The van der Waals surface area contributed by atoms with Crippen LogP contribution in [0.3, 0.4) is 0 Å². The number of halogens is 3. The molecule has 1 aliphatic carbocycles. The summed E-state index contributed by atoms with van der Waals surface area (Å²) in [6, 6.07) is 5.74. The molecule has 3 heterocycles. The molecule has 0 unspecified atom stereocenters. The molecule has 2 aromatic rings. The molecule has 2 N–H and O–H groups in total. The van der Waals surface area contributed by atoms with Gasteiger partial charge in [0.15, 0.2) is 0 Å². The van der Waals surface area contributed by atoms with Crippen LogP contribution in [0.15, 0.2) is 24.4 Å². The van der Waals surface area contributed by atoms with Gasteiger partial charge < -0.3 is 19.8 Å². The van der Waals surface area contributed by atoms with Crippen LogP contribution >= 0.6 is 0 Å². The molecule has 1 amide bonds. The molecule has 174 valence electrons. The molecular weight excluding hydrogens is 423 g/mol. The van der Waals surface area contributed by atoms with E-state index in [1.165, 1.54) is 4.90 Å². The van der Waals surface area contributed by atoms with Gasteiger partial charge >= 0.3 is 6.18 Å². The van der Waals surface area contributed by atoms with Crippen molar-refractivity contribution in [2.45, 2.75) is 25.9 Å². The number of benzene rings is 1. The zero-order valence-corrected chi connectivity index (χ0v) is 18.0. The van der Waals surface area contributed by atoms with Gasteiger partial charge in [0, 0.05) is 30.2 Å². The fourth-order valence-electron chi connectivity index (χ4n) is 5.36. The summed E-state index contributed by atoms with van der Waals surface area (Å²) in [7, 11) is 0. The van der Waals surface area contributed by atoms with Crippen molar-refractivity contribution in [1.29, 1.82) is 0 Å². The summed E-state index contributed by atoms with van der Waals surface area (Å²) in [6.45, 7) is 3.54. The van der Waals surface area contributed by atoms with Crippen LogP contribution in [0.25, 0.3) is 10.9 Å². The molecule has 2 saturated heterocycles. The Hall–Kier alpha value is -2.26. The minimum Gasteiger partial charge on any atom is -0.493 e. The van der Waals surface area contributed by atoms with E-state index in [1.807, 2.05) is 25.1 Å². The Kier molecular flexibility index (Phi) is 5.36. The van der Waals surface area contributed by atoms with Gasteiger partial charge in [-0.25, -0.2) is 0 Å². The van der Waals surface area contributed by atoms with Gasteiger partial charge in [-0.05, 0) is 55.7 Å². The minimum absolute atomic E-state index is 0.0620. The lowest BCUT2D eigenvalue weighted by Crippen LogP contribution is -2.49. The van der Waals surface area contributed by atoms with E-state index in [1.54, 1.807) is 6.20 Å². The fourth-order valence-corrected chi connectivity index (χ4v) is 5.36. The summed E-state index contributed by atoms with van der Waals surface area (Å²) in [5.74, 6) is 1.68. The standard InChI is InChI=1S/C23H28F3N3O3/c1-22(12-31-13-22)21(30)28-20-7-27-19-3-2-17(6-18(19)20)32-10-14-4-15-8-29(9-16(15)5-14)11-23(24,25)26/h2-3,6-7,14-16,27H,4-5,8-13H2,1H3,(H,28,30)/t14-,15-,16+. The molecular formula is C23H28F3N3O3. The zero-order chi connectivity index (χ0) is 22.5. The molecule has 3 aliphatic rings. The molecule has 0 bridgehead atoms. The van der Waals surface area contributed by atoms with Crippen molar-refractivity contribution in [3.05, 3.63) is 24.4 Å². The monoisotopic (exact) mass is 451 g/mol. The van der Waals surface area contributed by atoms with Crippen LogP contribution < -0.4 is 10.1 Å². The average Bonchev–Trinajstić information content (AvgIpc) is 3.36. The lowest BCUT2D eigenvalue weighted by Gasteiger charge is -2.36. The first-order valence-corrected chi connectivity index (χ1v) is 11.1. The number of carbonyl (C=O) groups is 1. The van der Waals surface area contributed by atoms with Crippen molar-refractivity contribution in [2.75, 3.05) is 44.8 Å². The van der Waals surface area contributed by atoms with Crippen molar-refractivity contribution in [1.82, 2.24) is 9.88 Å². The third kappa shape index (κ3) is 4.32. The van der Waals surface area contributed by atoms with E-state index in [0.717, 1.165) is 29.5 Å². The topological polar surface area (TPSA) is 66.6 Å². The fraction of sp³-hybridized carbons (Fsp3) is 0.609. The summed E-state index contributed by atoms with van der Waals surface area (Å²) < 4.78 is 49.2. The summed E-state index contributed by atoms with van der Waals surface area (Å²) in [4.78, 5) is 17.2. The highest BCUT2D eigenvalue weighted by atomic mass is 19.4. The van der Waals surface area contributed by atoms with Gasteiger partial charge in [0.25, 0.3) is 0 Å². The van der Waals surface area contributed by atoms with Gasteiger partial charge in [0.2, 0.25) is 5.91 Å². The first kappa shape index (κ1) is 21.6. The highest BCUT2D eigenvalue weighted by Crippen LogP contribution is 2.42. The average molecular weight is 451 g/mol. The smallest absolute Gasteiger partial charge is 0.401 e. The van der Waals surface area contributed by atoms with E-state index in [-0.39, 0.29) is 5.91 Å². The molecule has 2 aliphatic heterocycles. The Labute approximate surface area is 184 Å². The molecule has 5 rings (SSSR count). The van der Waals surface area contributed by atoms with Crippen molar-refractivity contribution < 1.29 is 27.4 Å². The van der Waals surface area contributed by atoms with Crippen LogP contribution in [0.5, 0.6) is 5.75 Å². The second-order valence-electron chi connectivity index (χ2n) is 9.90. The maximum absolute atomic E-state index is 12.6. The Bertz CT molecular complexity index is 987. The van der Waals surface area contributed by atoms with Crippen LogP contribution in [0.1, 0.15) is 19.8 Å². The predicted octanol–water partition coefficient (Wildman–Crippen LogP) is 4.04. The lowest BCUT2D eigenvalue weighted by atomic mass is 9.87. The molecule has 3 fully saturated rings. The van der Waals surface area contributed by atoms with Gasteiger partial charge in [0.05, 0.1) is 37.5 Å². The molecule has 9 heteroatoms. The number of likely N-dealkylation sites (tertiary alicyclic amines) is 1. The number of ether oxygens (including phenoxy) is 2. The zero-order valence-electron chi connectivity index (χ0n) is 18.0. The number of alkyl halides is 3. The maximum Gasteiger partial charge on any atom is 0.401 e. The SMILES string of the molecule is CC1(C(=O)Nc2c[nH]c3ccc(OC[C@@H]4C[C@@H]5CN(CC(F)(F)F)C[C@@H]5C4)cc23)COC1. The first-order chi connectivity index (χ1) is 15.2. The number of hydrogen-bond acceptors (Lipinski definition) is 4. The van der Waals surface area contributed by atoms with Crippen LogP contribution in [0, 0.1) is 23.2 Å². The van der Waals surface area contributed by atoms with Crippen LogP contribution in [-0.2, 0) is 9.53 Å². The number of amides is 1. The van der Waals surface area contributed by atoms with Crippen molar-refractivity contribution in [3.63, 3.8) is 0 Å². The van der Waals surface area contributed by atoms with Crippen molar-refractivity contribution >= 4 is 22.5 Å². The Morgan fingerprint density at radius 2 is 2.00 bits per heavy atom. The maximum atomic E-state index is 12.6. The van der Waals surface area contributed by atoms with Crippen molar-refractivity contribution in [3.8, 4) is 5.75 Å². The van der Waals surface area contributed by atoms with E-state index in [9.17, 15) is 18.0 Å². The Balaban J connectivity index is 1.17. The molecule has 1 saturated carbocycles. The van der Waals surface area contributed by atoms with Gasteiger partial charge in [-0.2, -0.15) is 13.2 Å². The molecule has 3 atom stereocenters. The number of nitrogens with one attached hydrogen (secondary N) is 2. The number of H-pyrrole nitrogens is 1. The quantitative estimate of drug-likeness (QED) is 0.696. The van der Waals surface area contributed by atoms with E-state index in [4.69, 9.17) is 9.47 Å². The third-order valence-corrected chi connectivity index (χ3v) is 7.10. The van der Waals surface area contributed by atoms with Gasteiger partial charge in [-0.15, -0.1) is 0 Å². The molecule has 1 aromatic heterocycles. The van der Waals surface area contributed by atoms with E-state index >= 15 is 0 Å². The van der Waals surface area contributed by atoms with E-state index in [0.29, 0.717) is 56.4 Å². The second-order valence-corrected chi connectivity index (χ2v) is 9.90. The molecule has 0 spiro atoms. The molecule has 32 heavy (non-hydrogen) atoms. The van der Waals surface area contributed by atoms with E-state index in [2.05, 4.69) is 10.3 Å². The van der Waals surface area contributed by atoms with Crippen LogP contribution in [0.2, 0.25) is 0 Å². The number of carbonyl (C=O) groups excluding carboxylic acids is 1. The number of nitrogens with zero attached hydrogens (tertiary/aromatic N) is 1. The minimum atomic E-state index is -4.13. The number of hydrogen-bond donors (Lipinski definition) is 2. The molecule has 0 radical (unpaired) electrons. The molecule has 1 aromatic carbocycles. The lowest BCUT2D eigenvalue weighted by molar-refractivity contribution is -0.152. The van der Waals surface area contributed by atoms with Gasteiger partial charge in [-0.1, -0.05) is 0 Å². The highest BCUT2D eigenvalue weighted by Gasteiger charge is 2.44. The number of rotatable bonds is 6. The van der Waals surface area contributed by atoms with Gasteiger partial charge in [0.1, 0.15) is 5.75 Å². The van der Waals surface area contributed by atoms with Crippen molar-refractivity contribution in [2.24, 2.45) is 23.2 Å². The number of fused-ring (bicyclic) bond motifs is 2. The number of aromatic nitrogens is 1. The Morgan fingerprint density at radius 3 is 2.62 bits per heavy atom. The van der Waals surface area contributed by atoms with Crippen LogP contribution in [0.4, 0.5) is 18.9 Å². The summed E-state index contributed by atoms with van der Waals surface area (Å²) in [5, 5.41) is 3.87. The summed E-state index contributed by atoms with van der Waals surface area (Å²) in [5.41, 5.74) is 1.13. The molecule has 6 nitrogen and oxygen atoms in total. The predicted molar refractivity (Wildman–Crippen MR) is 114 cm³/mol. The highest BCUT2D eigenvalue weighted by molar-refractivity contribution is 6.04. The second kappa shape index (κ2) is 7.95. The number of aromatic amines is 1. The van der Waals surface area contributed by atoms with Crippen LogP contribution in [-0.4, -0.2) is 61.4 Å². The summed E-state index contributed by atoms with van der Waals surface area (Å²) in [6.07, 6.45) is -0.527. The Morgan fingerprint density at radius 1 is 1.28 bits per heavy atom. The number of anilines is 1. The summed E-state index contributed by atoms with van der Waals surface area (Å²) >= 11 is 0. The normalized spacial score (nSPS) is 27.3.